The molecular weight excluding hydrogens is 674 g/mol. The van der Waals surface area contributed by atoms with Crippen LogP contribution in [0.2, 0.25) is 5.02 Å². The fourth-order valence-corrected chi connectivity index (χ4v) is 7.79. The third-order valence-corrected chi connectivity index (χ3v) is 10.6. The lowest BCUT2D eigenvalue weighted by Crippen LogP contribution is -2.59. The number of rotatable bonds is 13. The fraction of sp³-hybridized carbons (Fsp3) is 0.658. The van der Waals surface area contributed by atoms with Crippen molar-refractivity contribution in [1.82, 2.24) is 26.3 Å². The molecular formula is C38H54ClN5O7. The van der Waals surface area contributed by atoms with E-state index in [1.807, 2.05) is 40.7 Å². The number of carbonyl (C=O) groups is 5. The van der Waals surface area contributed by atoms with Crippen molar-refractivity contribution < 1.29 is 33.5 Å². The summed E-state index contributed by atoms with van der Waals surface area (Å²) in [5, 5.41) is 9.06. The molecule has 2 saturated carbocycles. The van der Waals surface area contributed by atoms with Gasteiger partial charge in [0.25, 0.3) is 5.91 Å². The summed E-state index contributed by atoms with van der Waals surface area (Å²) in [7, 11) is 1.57. The Morgan fingerprint density at radius 2 is 1.78 bits per heavy atom. The van der Waals surface area contributed by atoms with Crippen molar-refractivity contribution in [3.8, 4) is 5.75 Å². The molecule has 4 N–H and O–H groups in total. The smallest absolute Gasteiger partial charge is 0.289 e. The van der Waals surface area contributed by atoms with Crippen LogP contribution in [0.15, 0.2) is 18.2 Å². The summed E-state index contributed by atoms with van der Waals surface area (Å²) >= 11 is 6.42. The number of halogens is 1. The summed E-state index contributed by atoms with van der Waals surface area (Å²) in [5.74, 6) is -1.75. The molecule has 3 fully saturated rings. The predicted octanol–water partition coefficient (Wildman–Crippen LogP) is 4.51. The molecule has 4 atom stereocenters. The van der Waals surface area contributed by atoms with Crippen LogP contribution >= 0.6 is 11.6 Å². The molecule has 2 aliphatic heterocycles. The number of methoxy groups -OCH3 is 1. The van der Waals surface area contributed by atoms with E-state index < -0.39 is 52.6 Å². The highest BCUT2D eigenvalue weighted by Gasteiger charge is 2.54. The minimum Gasteiger partial charge on any atom is -0.496 e. The standard InChI is InChI=1S/C38H54ClN5O7/c1-7-11-27(31(46)35(48)40-25-14-15-25)41-34(47)29-20-38(19-28(43-51-38)26-18-24(39)16-22(2)32(26)50-6)21-44(29)36(49)33(37(3,4)5)42-30(45)17-23-12-9-8-10-13-23/h16,18-19,23,25,27,29,33,43H,7-15,17,20-21H2,1-6H3,(H,40,48)(H,41,47)(H,42,45)/t27-,29-,33+,38+/m0/s1. The van der Waals surface area contributed by atoms with E-state index in [9.17, 15) is 24.0 Å². The number of aryl methyl sites for hydroxylation is 1. The molecule has 1 aromatic carbocycles. The van der Waals surface area contributed by atoms with E-state index in [0.29, 0.717) is 34.9 Å². The van der Waals surface area contributed by atoms with Gasteiger partial charge in [-0.1, -0.05) is 65.0 Å². The topological polar surface area (TPSA) is 155 Å². The highest BCUT2D eigenvalue weighted by atomic mass is 35.5. The maximum absolute atomic E-state index is 14.7. The molecule has 13 heteroatoms. The van der Waals surface area contributed by atoms with Gasteiger partial charge in [-0.05, 0) is 74.1 Å². The maximum atomic E-state index is 14.7. The average Bonchev–Trinajstić information content (AvgIpc) is 3.67. The van der Waals surface area contributed by atoms with Gasteiger partial charge in [-0.15, -0.1) is 0 Å². The molecule has 12 nitrogen and oxygen atoms in total. The van der Waals surface area contributed by atoms with Gasteiger partial charge in [0.05, 0.1) is 25.4 Å². The Hall–Kier alpha value is -3.64. The van der Waals surface area contributed by atoms with Crippen LogP contribution in [0.25, 0.3) is 5.70 Å². The van der Waals surface area contributed by atoms with Gasteiger partial charge in [-0.25, -0.2) is 0 Å². The Labute approximate surface area is 306 Å². The summed E-state index contributed by atoms with van der Waals surface area (Å²) in [6, 6.07) is 0.458. The Balaban J connectivity index is 1.45. The molecule has 51 heavy (non-hydrogen) atoms. The van der Waals surface area contributed by atoms with Gasteiger partial charge in [0.2, 0.25) is 23.5 Å². The van der Waals surface area contributed by atoms with Crippen molar-refractivity contribution in [1.29, 1.82) is 0 Å². The van der Waals surface area contributed by atoms with E-state index in [-0.39, 0.29) is 37.3 Å². The number of amides is 4. The average molecular weight is 728 g/mol. The number of carbonyl (C=O) groups excluding carboxylic acids is 5. The van der Waals surface area contributed by atoms with Gasteiger partial charge >= 0.3 is 0 Å². The third kappa shape index (κ3) is 9.24. The van der Waals surface area contributed by atoms with Crippen LogP contribution in [0.3, 0.4) is 0 Å². The number of hydroxylamine groups is 1. The van der Waals surface area contributed by atoms with Gasteiger partial charge < -0.3 is 25.6 Å². The van der Waals surface area contributed by atoms with Crippen molar-refractivity contribution in [2.24, 2.45) is 11.3 Å². The van der Waals surface area contributed by atoms with Crippen molar-refractivity contribution in [2.45, 2.75) is 135 Å². The molecule has 0 unspecified atom stereocenters. The lowest BCUT2D eigenvalue weighted by Gasteiger charge is -2.36. The molecule has 0 radical (unpaired) electrons. The molecule has 4 amide bonds. The summed E-state index contributed by atoms with van der Waals surface area (Å²) in [4.78, 5) is 75.9. The monoisotopic (exact) mass is 727 g/mol. The predicted molar refractivity (Wildman–Crippen MR) is 193 cm³/mol. The molecule has 4 aliphatic rings. The van der Waals surface area contributed by atoms with E-state index in [4.69, 9.17) is 21.2 Å². The van der Waals surface area contributed by atoms with Gasteiger partial charge in [0.1, 0.15) is 23.4 Å². The second-order valence-electron chi connectivity index (χ2n) is 15.9. The lowest BCUT2D eigenvalue weighted by atomic mass is 9.84. The number of Topliss-reactive ketones (excluding diaryl/α,β-unsaturated/α-hetero) is 1. The fourth-order valence-electron chi connectivity index (χ4n) is 7.51. The number of hydrogen-bond acceptors (Lipinski definition) is 8. The molecule has 2 heterocycles. The van der Waals surface area contributed by atoms with Crippen LogP contribution in [0.1, 0.15) is 109 Å². The summed E-state index contributed by atoms with van der Waals surface area (Å²) in [5.41, 5.74) is 3.19. The number of likely N-dealkylation sites (tertiary alicyclic amines) is 1. The quantitative estimate of drug-likeness (QED) is 0.217. The zero-order valence-corrected chi connectivity index (χ0v) is 31.5. The minimum atomic E-state index is -1.14. The molecule has 2 aliphatic carbocycles. The highest BCUT2D eigenvalue weighted by Crippen LogP contribution is 2.41. The third-order valence-electron chi connectivity index (χ3n) is 10.4. The van der Waals surface area contributed by atoms with Crippen LogP contribution < -0.4 is 26.2 Å². The Morgan fingerprint density at radius 1 is 1.08 bits per heavy atom. The Kier molecular flexibility index (Phi) is 12.1. The summed E-state index contributed by atoms with van der Waals surface area (Å²) < 4.78 is 5.68. The Morgan fingerprint density at radius 3 is 2.41 bits per heavy atom. The van der Waals surface area contributed by atoms with E-state index >= 15 is 0 Å². The van der Waals surface area contributed by atoms with E-state index in [0.717, 1.165) is 44.1 Å². The first-order chi connectivity index (χ1) is 24.1. The minimum absolute atomic E-state index is 0.0120. The van der Waals surface area contributed by atoms with Crippen LogP contribution in [-0.2, 0) is 28.8 Å². The number of benzene rings is 1. The molecule has 0 bridgehead atoms. The van der Waals surface area contributed by atoms with Gasteiger partial charge in [-0.2, -0.15) is 0 Å². The van der Waals surface area contributed by atoms with E-state index in [1.54, 1.807) is 19.2 Å². The number of nitrogens with one attached hydrogen (secondary N) is 4. The maximum Gasteiger partial charge on any atom is 0.289 e. The highest BCUT2D eigenvalue weighted by molar-refractivity contribution is 6.38. The largest absolute Gasteiger partial charge is 0.496 e. The molecule has 1 aromatic rings. The van der Waals surface area contributed by atoms with Gasteiger partial charge in [-0.3, -0.25) is 34.3 Å². The van der Waals surface area contributed by atoms with Crippen LogP contribution in [0, 0.1) is 18.3 Å². The Bertz CT molecular complexity index is 1550. The van der Waals surface area contributed by atoms with Crippen LogP contribution in [-0.4, -0.2) is 77.7 Å². The van der Waals surface area contributed by atoms with Crippen molar-refractivity contribution in [3.63, 3.8) is 0 Å². The molecule has 0 aromatic heterocycles. The van der Waals surface area contributed by atoms with Crippen molar-refractivity contribution >= 4 is 46.7 Å². The summed E-state index contributed by atoms with van der Waals surface area (Å²) in [6.45, 7) is 9.38. The number of nitrogens with zero attached hydrogens (tertiary/aromatic N) is 1. The molecule has 5 rings (SSSR count). The zero-order valence-electron chi connectivity index (χ0n) is 30.8. The normalized spacial score (nSPS) is 23.2. The molecule has 1 spiro atoms. The first-order valence-corrected chi connectivity index (χ1v) is 18.8. The van der Waals surface area contributed by atoms with Crippen molar-refractivity contribution in [2.75, 3.05) is 13.7 Å². The van der Waals surface area contributed by atoms with Gasteiger partial charge in [0.15, 0.2) is 0 Å². The lowest BCUT2D eigenvalue weighted by molar-refractivity contribution is -0.145. The molecule has 280 valence electrons. The first kappa shape index (κ1) is 38.6. The SMILES string of the molecule is CCC[C@H](NC(=O)[C@@H]1C[C@]2(C=C(c3cc(Cl)cc(C)c3OC)NO2)CN1C(=O)[C@@H](NC(=O)CC1CCCCC1)C(C)(C)C)C(=O)C(=O)NC1CC1. The second-order valence-corrected chi connectivity index (χ2v) is 16.3. The van der Waals surface area contributed by atoms with Crippen molar-refractivity contribution in [3.05, 3.63) is 34.4 Å². The second kappa shape index (κ2) is 15.9. The summed E-state index contributed by atoms with van der Waals surface area (Å²) in [6.07, 6.45) is 10.0. The molecule has 1 saturated heterocycles. The van der Waals surface area contributed by atoms with Gasteiger partial charge in [0, 0.05) is 29.5 Å². The number of hydrogen-bond donors (Lipinski definition) is 4. The van der Waals surface area contributed by atoms with E-state index in [1.165, 1.54) is 11.3 Å². The van der Waals surface area contributed by atoms with Crippen LogP contribution in [0.5, 0.6) is 5.75 Å². The van der Waals surface area contributed by atoms with Crippen LogP contribution in [0.4, 0.5) is 0 Å². The number of ether oxygens (including phenoxy) is 1. The van der Waals surface area contributed by atoms with E-state index in [2.05, 4.69) is 21.4 Å². The zero-order chi connectivity index (χ0) is 37.1. The number of ketones is 1. The first-order valence-electron chi connectivity index (χ1n) is 18.4.